The number of hydrogen-bond donors (Lipinski definition) is 3. The molecule has 0 saturated heterocycles. The second-order valence-corrected chi connectivity index (χ2v) is 4.94. The maximum atomic E-state index is 11.8. The molecule has 6 nitrogen and oxygen atoms in total. The van der Waals surface area contributed by atoms with Gasteiger partial charge in [0.25, 0.3) is 0 Å². The van der Waals surface area contributed by atoms with Crippen molar-refractivity contribution in [1.29, 1.82) is 0 Å². The van der Waals surface area contributed by atoms with Gasteiger partial charge in [-0.25, -0.2) is 4.79 Å². The van der Waals surface area contributed by atoms with Gasteiger partial charge in [-0.3, -0.25) is 4.79 Å². The summed E-state index contributed by atoms with van der Waals surface area (Å²) in [7, 11) is 1.60. The summed E-state index contributed by atoms with van der Waals surface area (Å²) in [6.07, 6.45) is 0.798. The highest BCUT2D eigenvalue weighted by Gasteiger charge is 2.14. The summed E-state index contributed by atoms with van der Waals surface area (Å²) in [4.78, 5) is 22.4. The first kappa shape index (κ1) is 16.8. The molecular weight excluding hydrogens is 270 g/mol. The second kappa shape index (κ2) is 8.14. The van der Waals surface area contributed by atoms with Crippen LogP contribution < -0.4 is 21.1 Å². The Labute approximate surface area is 125 Å². The second-order valence-electron chi connectivity index (χ2n) is 4.94. The Morgan fingerprint density at radius 2 is 2.10 bits per heavy atom. The molecule has 116 valence electrons. The van der Waals surface area contributed by atoms with Crippen LogP contribution in [0.1, 0.15) is 36.9 Å². The first-order chi connectivity index (χ1) is 9.93. The van der Waals surface area contributed by atoms with Crippen LogP contribution in [0.4, 0.5) is 4.79 Å². The van der Waals surface area contributed by atoms with E-state index in [2.05, 4.69) is 10.6 Å². The number of methoxy groups -OCH3 is 1. The number of amides is 3. The van der Waals surface area contributed by atoms with Crippen LogP contribution in [0.5, 0.6) is 5.75 Å². The van der Waals surface area contributed by atoms with Gasteiger partial charge in [0.15, 0.2) is 0 Å². The molecule has 3 amide bonds. The number of nitrogens with one attached hydrogen (secondary N) is 2. The third kappa shape index (κ3) is 5.72. The zero-order chi connectivity index (χ0) is 15.8. The lowest BCUT2D eigenvalue weighted by Crippen LogP contribution is -2.37. The molecule has 0 bridgehead atoms. The van der Waals surface area contributed by atoms with E-state index in [0.29, 0.717) is 13.0 Å². The van der Waals surface area contributed by atoms with Crippen molar-refractivity contribution in [1.82, 2.24) is 10.6 Å². The van der Waals surface area contributed by atoms with Gasteiger partial charge in [-0.05, 0) is 26.3 Å². The number of urea groups is 1. The maximum Gasteiger partial charge on any atom is 0.315 e. The molecule has 0 aliphatic rings. The number of carbonyl (C=O) groups excluding carboxylic acids is 2. The van der Waals surface area contributed by atoms with Crippen LogP contribution in [0.15, 0.2) is 18.2 Å². The molecule has 0 spiro atoms. The third-order valence-electron chi connectivity index (χ3n) is 3.08. The summed E-state index contributed by atoms with van der Waals surface area (Å²) in [5, 5.41) is 5.53. The number of carbonyl (C=O) groups is 2. The predicted octanol–water partition coefficient (Wildman–Crippen LogP) is 1.63. The minimum absolute atomic E-state index is 0.184. The summed E-state index contributed by atoms with van der Waals surface area (Å²) >= 11 is 0. The SMILES string of the molecule is COc1ccc(C)cc1[C@H](C)NC(=O)NCCCC(N)=O. The van der Waals surface area contributed by atoms with E-state index >= 15 is 0 Å². The number of ether oxygens (including phenoxy) is 1. The standard InChI is InChI=1S/C15H23N3O3/c1-10-6-7-13(21-3)12(9-10)11(2)18-15(20)17-8-4-5-14(16)19/h6-7,9,11H,4-5,8H2,1-3H3,(H2,16,19)(H2,17,18,20)/t11-/m0/s1. The molecule has 0 aliphatic heterocycles. The smallest absolute Gasteiger partial charge is 0.315 e. The Morgan fingerprint density at radius 1 is 1.38 bits per heavy atom. The number of benzene rings is 1. The third-order valence-corrected chi connectivity index (χ3v) is 3.08. The zero-order valence-corrected chi connectivity index (χ0v) is 12.7. The molecule has 21 heavy (non-hydrogen) atoms. The van der Waals surface area contributed by atoms with Crippen molar-refractivity contribution < 1.29 is 14.3 Å². The van der Waals surface area contributed by atoms with E-state index in [0.717, 1.165) is 16.9 Å². The minimum atomic E-state index is -0.366. The number of rotatable bonds is 7. The fourth-order valence-corrected chi connectivity index (χ4v) is 1.98. The monoisotopic (exact) mass is 293 g/mol. The Hall–Kier alpha value is -2.24. The first-order valence-corrected chi connectivity index (χ1v) is 6.91. The van der Waals surface area contributed by atoms with Crippen molar-refractivity contribution in [2.45, 2.75) is 32.7 Å². The van der Waals surface area contributed by atoms with E-state index in [1.54, 1.807) is 7.11 Å². The van der Waals surface area contributed by atoms with Crippen LogP contribution in [0.2, 0.25) is 0 Å². The summed E-state index contributed by atoms with van der Waals surface area (Å²) in [6, 6.07) is 5.36. The van der Waals surface area contributed by atoms with E-state index in [4.69, 9.17) is 10.5 Å². The van der Waals surface area contributed by atoms with Gasteiger partial charge >= 0.3 is 6.03 Å². The lowest BCUT2D eigenvalue weighted by atomic mass is 10.0. The molecule has 0 aromatic heterocycles. The molecule has 1 aromatic carbocycles. The average molecular weight is 293 g/mol. The average Bonchev–Trinajstić information content (AvgIpc) is 2.43. The fraction of sp³-hybridized carbons (Fsp3) is 0.467. The fourth-order valence-electron chi connectivity index (χ4n) is 1.98. The van der Waals surface area contributed by atoms with Gasteiger partial charge < -0.3 is 21.1 Å². The van der Waals surface area contributed by atoms with Gasteiger partial charge in [0, 0.05) is 18.5 Å². The Balaban J connectivity index is 2.52. The first-order valence-electron chi connectivity index (χ1n) is 6.91. The van der Waals surface area contributed by atoms with Crippen LogP contribution in [0, 0.1) is 6.92 Å². The molecule has 0 saturated carbocycles. The summed E-state index contributed by atoms with van der Waals surface area (Å²) < 4.78 is 5.30. The molecule has 4 N–H and O–H groups in total. The molecule has 0 aliphatic carbocycles. The van der Waals surface area contributed by atoms with Crippen molar-refractivity contribution in [3.05, 3.63) is 29.3 Å². The molecular formula is C15H23N3O3. The summed E-state index contributed by atoms with van der Waals surface area (Å²) in [5.74, 6) is 0.372. The van der Waals surface area contributed by atoms with Crippen LogP contribution >= 0.6 is 0 Å². The maximum absolute atomic E-state index is 11.8. The zero-order valence-electron chi connectivity index (χ0n) is 12.7. The number of primary amides is 1. The van der Waals surface area contributed by atoms with E-state index in [-0.39, 0.29) is 24.4 Å². The van der Waals surface area contributed by atoms with Crippen LogP contribution in [-0.2, 0) is 4.79 Å². The quantitative estimate of drug-likeness (QED) is 0.667. The van der Waals surface area contributed by atoms with Crippen molar-refractivity contribution in [2.75, 3.05) is 13.7 Å². The van der Waals surface area contributed by atoms with E-state index in [1.165, 1.54) is 0 Å². The Bertz CT molecular complexity index is 503. The molecule has 1 aromatic rings. The lowest BCUT2D eigenvalue weighted by molar-refractivity contribution is -0.118. The Kier molecular flexibility index (Phi) is 6.52. The van der Waals surface area contributed by atoms with Crippen LogP contribution in [0.3, 0.4) is 0 Å². The molecule has 0 unspecified atom stereocenters. The van der Waals surface area contributed by atoms with Gasteiger partial charge in [0.05, 0.1) is 13.2 Å². The van der Waals surface area contributed by atoms with E-state index in [9.17, 15) is 9.59 Å². The Morgan fingerprint density at radius 3 is 2.71 bits per heavy atom. The normalized spacial score (nSPS) is 11.6. The lowest BCUT2D eigenvalue weighted by Gasteiger charge is -2.18. The largest absolute Gasteiger partial charge is 0.496 e. The molecule has 1 atom stereocenters. The van der Waals surface area contributed by atoms with E-state index in [1.807, 2.05) is 32.0 Å². The molecule has 1 rings (SSSR count). The van der Waals surface area contributed by atoms with Crippen molar-refractivity contribution in [3.63, 3.8) is 0 Å². The van der Waals surface area contributed by atoms with Gasteiger partial charge in [-0.1, -0.05) is 17.7 Å². The molecule has 0 heterocycles. The van der Waals surface area contributed by atoms with E-state index < -0.39 is 0 Å². The highest BCUT2D eigenvalue weighted by molar-refractivity contribution is 5.75. The number of nitrogens with two attached hydrogens (primary N) is 1. The highest BCUT2D eigenvalue weighted by Crippen LogP contribution is 2.25. The van der Waals surface area contributed by atoms with Crippen molar-refractivity contribution in [3.8, 4) is 5.75 Å². The number of aryl methyl sites for hydroxylation is 1. The van der Waals surface area contributed by atoms with Gasteiger partial charge in [0.2, 0.25) is 5.91 Å². The number of hydrogen-bond acceptors (Lipinski definition) is 3. The van der Waals surface area contributed by atoms with Crippen LogP contribution in [-0.4, -0.2) is 25.6 Å². The van der Waals surface area contributed by atoms with Crippen LogP contribution in [0.25, 0.3) is 0 Å². The van der Waals surface area contributed by atoms with Gasteiger partial charge in [0.1, 0.15) is 5.75 Å². The van der Waals surface area contributed by atoms with Gasteiger partial charge in [-0.15, -0.1) is 0 Å². The van der Waals surface area contributed by atoms with Crippen molar-refractivity contribution in [2.24, 2.45) is 5.73 Å². The molecule has 0 radical (unpaired) electrons. The highest BCUT2D eigenvalue weighted by atomic mass is 16.5. The molecule has 0 fully saturated rings. The van der Waals surface area contributed by atoms with Crippen molar-refractivity contribution >= 4 is 11.9 Å². The topological polar surface area (TPSA) is 93.4 Å². The summed E-state index contributed by atoms with van der Waals surface area (Å²) in [5.41, 5.74) is 7.05. The minimum Gasteiger partial charge on any atom is -0.496 e. The summed E-state index contributed by atoms with van der Waals surface area (Å²) in [6.45, 7) is 4.28. The molecule has 6 heteroatoms. The van der Waals surface area contributed by atoms with Gasteiger partial charge in [-0.2, -0.15) is 0 Å². The predicted molar refractivity (Wildman–Crippen MR) is 81.1 cm³/mol.